The van der Waals surface area contributed by atoms with Gasteiger partial charge in [-0.1, -0.05) is 32.9 Å². The van der Waals surface area contributed by atoms with Gasteiger partial charge in [-0.15, -0.1) is 10.2 Å². The fourth-order valence-electron chi connectivity index (χ4n) is 3.14. The SMILES string of the molecule is Cc1nnc([C@@H](NC(=O)n2c(=O)n(CCS(C)(=O)=O)c3ccccc32)C(C)(C)C)o1. The van der Waals surface area contributed by atoms with Gasteiger partial charge in [0.05, 0.1) is 16.8 Å². The summed E-state index contributed by atoms with van der Waals surface area (Å²) in [5.74, 6) is 0.388. The molecule has 1 amide bonds. The molecule has 0 saturated carbocycles. The van der Waals surface area contributed by atoms with Crippen LogP contribution in [-0.4, -0.2) is 45.8 Å². The Morgan fingerprint density at radius 2 is 1.83 bits per heavy atom. The highest BCUT2D eigenvalue weighted by molar-refractivity contribution is 7.90. The average molecular weight is 436 g/mol. The van der Waals surface area contributed by atoms with E-state index in [-0.39, 0.29) is 18.2 Å². The van der Waals surface area contributed by atoms with Gasteiger partial charge in [0.15, 0.2) is 0 Å². The first kappa shape index (κ1) is 21.8. The van der Waals surface area contributed by atoms with Crippen molar-refractivity contribution in [2.75, 3.05) is 12.0 Å². The number of hydrogen-bond donors (Lipinski definition) is 1. The Morgan fingerprint density at radius 3 is 2.37 bits per heavy atom. The molecule has 10 nitrogen and oxygen atoms in total. The summed E-state index contributed by atoms with van der Waals surface area (Å²) in [7, 11) is -3.29. The molecular weight excluding hydrogens is 410 g/mol. The van der Waals surface area contributed by atoms with E-state index in [1.165, 1.54) is 4.57 Å². The number of hydrogen-bond acceptors (Lipinski definition) is 7. The van der Waals surface area contributed by atoms with Crippen LogP contribution in [0.25, 0.3) is 11.0 Å². The molecule has 1 atom stereocenters. The maximum atomic E-state index is 13.2. The number of imidazole rings is 1. The normalized spacial score (nSPS) is 13.5. The van der Waals surface area contributed by atoms with Crippen molar-refractivity contribution in [2.24, 2.45) is 5.41 Å². The van der Waals surface area contributed by atoms with E-state index >= 15 is 0 Å². The highest BCUT2D eigenvalue weighted by Crippen LogP contribution is 2.32. The van der Waals surface area contributed by atoms with Crippen LogP contribution in [0.5, 0.6) is 0 Å². The van der Waals surface area contributed by atoms with E-state index in [0.717, 1.165) is 10.8 Å². The Morgan fingerprint density at radius 1 is 1.20 bits per heavy atom. The molecule has 0 bridgehead atoms. The summed E-state index contributed by atoms with van der Waals surface area (Å²) in [4.78, 5) is 26.2. The predicted molar refractivity (Wildman–Crippen MR) is 111 cm³/mol. The van der Waals surface area contributed by atoms with E-state index in [2.05, 4.69) is 15.5 Å². The molecular formula is C19H25N5O5S. The van der Waals surface area contributed by atoms with E-state index < -0.39 is 33.0 Å². The molecule has 0 spiro atoms. The van der Waals surface area contributed by atoms with E-state index in [4.69, 9.17) is 4.42 Å². The molecule has 30 heavy (non-hydrogen) atoms. The molecule has 0 aliphatic heterocycles. The zero-order chi connectivity index (χ0) is 22.3. The molecule has 162 valence electrons. The van der Waals surface area contributed by atoms with Crippen LogP contribution in [0, 0.1) is 12.3 Å². The Labute approximate surface area is 173 Å². The summed E-state index contributed by atoms with van der Waals surface area (Å²) in [5.41, 5.74) is -0.246. The molecule has 0 unspecified atom stereocenters. The van der Waals surface area contributed by atoms with E-state index in [1.807, 2.05) is 20.8 Å². The molecule has 3 rings (SSSR count). The lowest BCUT2D eigenvalue weighted by Crippen LogP contribution is -2.43. The van der Waals surface area contributed by atoms with Crippen LogP contribution in [0.4, 0.5) is 4.79 Å². The van der Waals surface area contributed by atoms with E-state index in [1.54, 1.807) is 31.2 Å². The van der Waals surface area contributed by atoms with Crippen LogP contribution in [0.2, 0.25) is 0 Å². The van der Waals surface area contributed by atoms with Crippen molar-refractivity contribution in [1.82, 2.24) is 24.6 Å². The largest absolute Gasteiger partial charge is 0.423 e. The first-order valence-electron chi connectivity index (χ1n) is 9.37. The first-order chi connectivity index (χ1) is 13.9. The number of para-hydroxylation sites is 2. The fourth-order valence-corrected chi connectivity index (χ4v) is 3.66. The highest BCUT2D eigenvalue weighted by Gasteiger charge is 2.33. The van der Waals surface area contributed by atoms with E-state index in [0.29, 0.717) is 16.9 Å². The summed E-state index contributed by atoms with van der Waals surface area (Å²) in [6.45, 7) is 7.29. The maximum absolute atomic E-state index is 13.2. The summed E-state index contributed by atoms with van der Waals surface area (Å²) in [6, 6.07) is 5.43. The minimum Gasteiger partial charge on any atom is -0.423 e. The van der Waals surface area contributed by atoms with Gasteiger partial charge >= 0.3 is 11.7 Å². The number of aromatic nitrogens is 4. The molecule has 11 heteroatoms. The summed E-state index contributed by atoms with van der Waals surface area (Å²) in [6.07, 6.45) is 1.10. The number of fused-ring (bicyclic) bond motifs is 1. The zero-order valence-electron chi connectivity index (χ0n) is 17.5. The Bertz CT molecular complexity index is 1250. The number of amides is 1. The van der Waals surface area contributed by atoms with Crippen molar-refractivity contribution in [2.45, 2.75) is 40.3 Å². The van der Waals surface area contributed by atoms with Gasteiger partial charge in [-0.2, -0.15) is 0 Å². The Hall–Kier alpha value is -2.95. The molecule has 0 aliphatic carbocycles. The Balaban J connectivity index is 2.04. The van der Waals surface area contributed by atoms with Crippen LogP contribution in [-0.2, 0) is 16.4 Å². The van der Waals surface area contributed by atoms with Crippen molar-refractivity contribution < 1.29 is 17.6 Å². The molecule has 2 heterocycles. The quantitative estimate of drug-likeness (QED) is 0.648. The van der Waals surface area contributed by atoms with Gasteiger partial charge in [0, 0.05) is 19.7 Å². The van der Waals surface area contributed by atoms with Gasteiger partial charge in [0.1, 0.15) is 15.9 Å². The highest BCUT2D eigenvalue weighted by atomic mass is 32.2. The van der Waals surface area contributed by atoms with Crippen LogP contribution in [0.3, 0.4) is 0 Å². The van der Waals surface area contributed by atoms with Crippen molar-refractivity contribution >= 4 is 26.9 Å². The average Bonchev–Trinajstić information content (AvgIpc) is 3.16. The van der Waals surface area contributed by atoms with Gasteiger partial charge in [0.2, 0.25) is 11.8 Å². The van der Waals surface area contributed by atoms with Gasteiger partial charge in [0.25, 0.3) is 0 Å². The van der Waals surface area contributed by atoms with Crippen LogP contribution < -0.4 is 11.0 Å². The number of carbonyl (C=O) groups is 1. The lowest BCUT2D eigenvalue weighted by Gasteiger charge is -2.28. The van der Waals surface area contributed by atoms with Crippen molar-refractivity contribution in [3.8, 4) is 0 Å². The fraction of sp³-hybridized carbons (Fsp3) is 0.474. The third-order valence-electron chi connectivity index (χ3n) is 4.65. The van der Waals surface area contributed by atoms with E-state index in [9.17, 15) is 18.0 Å². The number of rotatable bonds is 5. The second kappa shape index (κ2) is 7.71. The third-order valence-corrected chi connectivity index (χ3v) is 5.57. The van der Waals surface area contributed by atoms with Crippen LogP contribution in [0.1, 0.15) is 38.6 Å². The zero-order valence-corrected chi connectivity index (χ0v) is 18.4. The second-order valence-electron chi connectivity index (χ2n) is 8.30. The van der Waals surface area contributed by atoms with Crippen LogP contribution >= 0.6 is 0 Å². The van der Waals surface area contributed by atoms with Crippen molar-refractivity contribution in [1.29, 1.82) is 0 Å². The molecule has 0 aliphatic rings. The Kier molecular flexibility index (Phi) is 5.59. The summed E-state index contributed by atoms with van der Waals surface area (Å²) < 4.78 is 31.0. The summed E-state index contributed by atoms with van der Waals surface area (Å²) in [5, 5.41) is 10.7. The van der Waals surface area contributed by atoms with Gasteiger partial charge in [-0.25, -0.2) is 22.6 Å². The number of sulfone groups is 1. The molecule has 1 N–H and O–H groups in total. The van der Waals surface area contributed by atoms with Crippen LogP contribution in [0.15, 0.2) is 33.5 Å². The molecule has 0 saturated heterocycles. The smallest absolute Gasteiger partial charge is 0.337 e. The van der Waals surface area contributed by atoms with Crippen molar-refractivity contribution in [3.05, 3.63) is 46.5 Å². The third kappa shape index (κ3) is 4.45. The minimum absolute atomic E-state index is 0.0516. The van der Waals surface area contributed by atoms with Crippen molar-refractivity contribution in [3.63, 3.8) is 0 Å². The number of aryl methyl sites for hydroxylation is 2. The standard InChI is InChI=1S/C19H25N5O5S/c1-12-21-22-16(29-12)15(19(2,3)4)20-17(25)24-14-9-7-6-8-13(14)23(18(24)26)10-11-30(5,27)28/h6-9,15H,10-11H2,1-5H3,(H,20,25)/t15-/m1/s1. The molecule has 3 aromatic rings. The number of carbonyl (C=O) groups excluding carboxylic acids is 1. The molecule has 1 aromatic carbocycles. The van der Waals surface area contributed by atoms with Gasteiger partial charge in [-0.05, 0) is 17.5 Å². The molecule has 2 aromatic heterocycles. The number of nitrogens with one attached hydrogen (secondary N) is 1. The topological polar surface area (TPSA) is 129 Å². The number of nitrogens with zero attached hydrogens (tertiary/aromatic N) is 4. The maximum Gasteiger partial charge on any atom is 0.337 e. The second-order valence-corrected chi connectivity index (χ2v) is 10.6. The van der Waals surface area contributed by atoms with Gasteiger partial charge in [-0.3, -0.25) is 4.57 Å². The minimum atomic E-state index is -3.29. The molecule has 0 radical (unpaired) electrons. The lowest BCUT2D eigenvalue weighted by molar-refractivity contribution is 0.204. The van der Waals surface area contributed by atoms with Gasteiger partial charge < -0.3 is 9.73 Å². The molecule has 0 fully saturated rings. The first-order valence-corrected chi connectivity index (χ1v) is 11.4. The summed E-state index contributed by atoms with van der Waals surface area (Å²) >= 11 is 0. The number of benzene rings is 1. The lowest BCUT2D eigenvalue weighted by atomic mass is 9.86. The monoisotopic (exact) mass is 435 g/mol. The predicted octanol–water partition coefficient (Wildman–Crippen LogP) is 1.88.